The van der Waals surface area contributed by atoms with E-state index in [0.717, 1.165) is 11.3 Å². The van der Waals surface area contributed by atoms with Crippen LogP contribution in [0, 0.1) is 6.92 Å². The zero-order chi connectivity index (χ0) is 18.9. The summed E-state index contributed by atoms with van der Waals surface area (Å²) in [6, 6.07) is 17.6. The predicted octanol–water partition coefficient (Wildman–Crippen LogP) is 3.39. The Morgan fingerprint density at radius 1 is 1.04 bits per heavy atom. The first-order valence-corrected chi connectivity index (χ1v) is 9.85. The smallest absolute Gasteiger partial charge is 0.242 e. The Hall–Kier alpha value is -2.27. The summed E-state index contributed by atoms with van der Waals surface area (Å²) in [5.74, 6) is 0.947. The van der Waals surface area contributed by atoms with Gasteiger partial charge in [0.15, 0.2) is 0 Å². The molecule has 2 aromatic rings. The van der Waals surface area contributed by atoms with Crippen LogP contribution in [0.5, 0.6) is 0 Å². The molecule has 0 aromatic heterocycles. The fourth-order valence-electron chi connectivity index (χ4n) is 2.60. The number of nitrogens with zero attached hydrogens (tertiary/aromatic N) is 1. The second kappa shape index (κ2) is 10.0. The molecule has 0 spiro atoms. The Labute approximate surface area is 160 Å². The minimum absolute atomic E-state index is 0.0254. The first-order valence-electron chi connectivity index (χ1n) is 8.69. The number of hydrogen-bond donors (Lipinski definition) is 1. The van der Waals surface area contributed by atoms with Crippen molar-refractivity contribution in [2.24, 2.45) is 0 Å². The lowest BCUT2D eigenvalue weighted by Crippen LogP contribution is -2.47. The number of thioether (sulfide) groups is 1. The van der Waals surface area contributed by atoms with Crippen LogP contribution in [-0.2, 0) is 21.9 Å². The van der Waals surface area contributed by atoms with Crippen molar-refractivity contribution in [2.45, 2.75) is 32.2 Å². The third kappa shape index (κ3) is 5.92. The fraction of sp³-hybridized carbons (Fsp3) is 0.333. The molecule has 26 heavy (non-hydrogen) atoms. The summed E-state index contributed by atoms with van der Waals surface area (Å²) in [7, 11) is 1.59. The van der Waals surface area contributed by atoms with Crippen molar-refractivity contribution < 1.29 is 9.59 Å². The number of carbonyl (C=O) groups is 2. The lowest BCUT2D eigenvalue weighted by Gasteiger charge is -2.28. The van der Waals surface area contributed by atoms with Gasteiger partial charge in [0.25, 0.3) is 0 Å². The van der Waals surface area contributed by atoms with Crippen molar-refractivity contribution in [3.05, 3.63) is 71.3 Å². The van der Waals surface area contributed by atoms with E-state index in [0.29, 0.717) is 12.3 Å². The maximum atomic E-state index is 12.8. The van der Waals surface area contributed by atoms with Crippen molar-refractivity contribution in [3.8, 4) is 0 Å². The number of benzene rings is 2. The molecule has 0 aliphatic heterocycles. The molecule has 0 fully saturated rings. The minimum Gasteiger partial charge on any atom is -0.357 e. The van der Waals surface area contributed by atoms with Gasteiger partial charge in [-0.25, -0.2) is 0 Å². The van der Waals surface area contributed by atoms with E-state index in [-0.39, 0.29) is 11.8 Å². The van der Waals surface area contributed by atoms with Crippen LogP contribution in [0.4, 0.5) is 0 Å². The molecule has 2 amide bonds. The van der Waals surface area contributed by atoms with Crippen LogP contribution < -0.4 is 5.32 Å². The lowest BCUT2D eigenvalue weighted by atomic mass is 10.1. The van der Waals surface area contributed by atoms with Gasteiger partial charge in [-0.2, -0.15) is 0 Å². The van der Waals surface area contributed by atoms with Gasteiger partial charge in [0, 0.05) is 19.3 Å². The molecule has 2 aromatic carbocycles. The van der Waals surface area contributed by atoms with Crippen molar-refractivity contribution >= 4 is 23.6 Å². The van der Waals surface area contributed by atoms with E-state index in [1.807, 2.05) is 49.4 Å². The highest BCUT2D eigenvalue weighted by Crippen LogP contribution is 2.16. The molecule has 0 saturated carbocycles. The van der Waals surface area contributed by atoms with Crippen LogP contribution in [0.1, 0.15) is 23.6 Å². The predicted molar refractivity (Wildman–Crippen MR) is 108 cm³/mol. The van der Waals surface area contributed by atoms with Crippen molar-refractivity contribution in [1.29, 1.82) is 0 Å². The zero-order valence-electron chi connectivity index (χ0n) is 15.6. The summed E-state index contributed by atoms with van der Waals surface area (Å²) in [5, 5.41) is 2.64. The normalized spacial score (nSPS) is 11.7. The maximum absolute atomic E-state index is 12.8. The topological polar surface area (TPSA) is 49.4 Å². The molecule has 0 radical (unpaired) electrons. The number of carbonyl (C=O) groups excluding carboxylic acids is 2. The largest absolute Gasteiger partial charge is 0.357 e. The summed E-state index contributed by atoms with van der Waals surface area (Å²) >= 11 is 1.57. The molecule has 0 unspecified atom stereocenters. The van der Waals surface area contributed by atoms with Crippen LogP contribution in [0.25, 0.3) is 0 Å². The number of rotatable bonds is 8. The Kier molecular flexibility index (Phi) is 7.73. The van der Waals surface area contributed by atoms with Gasteiger partial charge in [0.1, 0.15) is 6.04 Å². The first kappa shape index (κ1) is 20.0. The summed E-state index contributed by atoms with van der Waals surface area (Å²) in [6.07, 6.45) is 0. The molecule has 1 atom stereocenters. The summed E-state index contributed by atoms with van der Waals surface area (Å²) in [5.41, 5.74) is 3.38. The third-order valence-electron chi connectivity index (χ3n) is 4.22. The minimum atomic E-state index is -0.508. The number of nitrogens with one attached hydrogen (secondary N) is 1. The number of aryl methyl sites for hydroxylation is 1. The molecule has 0 heterocycles. The zero-order valence-corrected chi connectivity index (χ0v) is 16.4. The van der Waals surface area contributed by atoms with E-state index >= 15 is 0 Å². The lowest BCUT2D eigenvalue weighted by molar-refractivity contribution is -0.138. The number of hydrogen-bond acceptors (Lipinski definition) is 3. The Bertz CT molecular complexity index is 717. The van der Waals surface area contributed by atoms with Crippen molar-refractivity contribution in [3.63, 3.8) is 0 Å². The van der Waals surface area contributed by atoms with Gasteiger partial charge in [-0.15, -0.1) is 11.8 Å². The van der Waals surface area contributed by atoms with E-state index in [9.17, 15) is 9.59 Å². The van der Waals surface area contributed by atoms with Crippen LogP contribution >= 0.6 is 11.8 Å². The van der Waals surface area contributed by atoms with Crippen LogP contribution in [-0.4, -0.2) is 35.6 Å². The average Bonchev–Trinajstić information content (AvgIpc) is 2.67. The van der Waals surface area contributed by atoms with E-state index in [1.54, 1.807) is 30.6 Å². The van der Waals surface area contributed by atoms with Crippen LogP contribution in [0.3, 0.4) is 0 Å². The van der Waals surface area contributed by atoms with E-state index < -0.39 is 6.04 Å². The van der Waals surface area contributed by atoms with Gasteiger partial charge in [0.2, 0.25) is 11.8 Å². The molecule has 0 bridgehead atoms. The van der Waals surface area contributed by atoms with Crippen molar-refractivity contribution in [1.82, 2.24) is 10.2 Å². The molecule has 0 aliphatic rings. The molecule has 0 saturated heterocycles. The second-order valence-electron chi connectivity index (χ2n) is 6.28. The molecule has 5 heteroatoms. The standard InChI is InChI=1S/C21H26N2O2S/c1-16-9-11-18(12-10-16)13-23(17(2)21(25)22-3)20(24)15-26-14-19-7-5-4-6-8-19/h4-12,17H,13-15H2,1-3H3,(H,22,25)/t17-/m0/s1. The third-order valence-corrected chi connectivity index (χ3v) is 5.21. The second-order valence-corrected chi connectivity index (χ2v) is 7.26. The monoisotopic (exact) mass is 370 g/mol. The average molecular weight is 371 g/mol. The van der Waals surface area contributed by atoms with E-state index in [4.69, 9.17) is 0 Å². The van der Waals surface area contributed by atoms with Gasteiger partial charge in [-0.1, -0.05) is 60.2 Å². The molecule has 138 valence electrons. The molecular weight excluding hydrogens is 344 g/mol. The highest BCUT2D eigenvalue weighted by atomic mass is 32.2. The quantitative estimate of drug-likeness (QED) is 0.775. The Balaban J connectivity index is 2.02. The van der Waals surface area contributed by atoms with E-state index in [1.165, 1.54) is 11.1 Å². The molecule has 2 rings (SSSR count). The molecular formula is C21H26N2O2S. The fourth-order valence-corrected chi connectivity index (χ4v) is 3.47. The summed E-state index contributed by atoms with van der Waals surface area (Å²) in [6.45, 7) is 4.23. The van der Waals surface area contributed by atoms with Gasteiger partial charge >= 0.3 is 0 Å². The van der Waals surface area contributed by atoms with Crippen LogP contribution in [0.2, 0.25) is 0 Å². The highest BCUT2D eigenvalue weighted by Gasteiger charge is 2.25. The molecule has 4 nitrogen and oxygen atoms in total. The maximum Gasteiger partial charge on any atom is 0.242 e. The van der Waals surface area contributed by atoms with Crippen LogP contribution in [0.15, 0.2) is 54.6 Å². The van der Waals surface area contributed by atoms with Gasteiger partial charge in [-0.05, 0) is 25.0 Å². The van der Waals surface area contributed by atoms with Gasteiger partial charge < -0.3 is 10.2 Å². The van der Waals surface area contributed by atoms with Crippen molar-refractivity contribution in [2.75, 3.05) is 12.8 Å². The molecule has 1 N–H and O–H groups in total. The Morgan fingerprint density at radius 2 is 1.69 bits per heavy atom. The number of amides is 2. The summed E-state index contributed by atoms with van der Waals surface area (Å²) in [4.78, 5) is 26.5. The first-order chi connectivity index (χ1) is 12.5. The molecule has 0 aliphatic carbocycles. The number of likely N-dealkylation sites (N-methyl/N-ethyl adjacent to an activating group) is 1. The van der Waals surface area contributed by atoms with Gasteiger partial charge in [0.05, 0.1) is 5.75 Å². The highest BCUT2D eigenvalue weighted by molar-refractivity contribution is 7.99. The Morgan fingerprint density at radius 3 is 2.31 bits per heavy atom. The summed E-state index contributed by atoms with van der Waals surface area (Å²) < 4.78 is 0. The van der Waals surface area contributed by atoms with Gasteiger partial charge in [-0.3, -0.25) is 9.59 Å². The SMILES string of the molecule is CNC(=O)[C@H](C)N(Cc1ccc(C)cc1)C(=O)CSCc1ccccc1. The van der Waals surface area contributed by atoms with E-state index in [2.05, 4.69) is 17.4 Å².